The van der Waals surface area contributed by atoms with Gasteiger partial charge < -0.3 is 20.5 Å². The van der Waals surface area contributed by atoms with Crippen LogP contribution in [0.3, 0.4) is 0 Å². The van der Waals surface area contributed by atoms with Crippen molar-refractivity contribution in [2.24, 2.45) is 0 Å². The van der Waals surface area contributed by atoms with Gasteiger partial charge in [-0.15, -0.1) is 11.8 Å². The fourth-order valence-corrected chi connectivity index (χ4v) is 4.35. The highest BCUT2D eigenvalue weighted by Gasteiger charge is 2.23. The lowest BCUT2D eigenvalue weighted by atomic mass is 10.1. The van der Waals surface area contributed by atoms with E-state index < -0.39 is 5.25 Å². The summed E-state index contributed by atoms with van der Waals surface area (Å²) in [7, 11) is 0. The number of benzene rings is 3. The fraction of sp³-hybridized carbons (Fsp3) is 0.0800. The van der Waals surface area contributed by atoms with E-state index in [2.05, 4.69) is 21.1 Å². The zero-order valence-corrected chi connectivity index (χ0v) is 19.5. The SMILES string of the molecule is Cc1cc(NC(=O)[C@H](Sc2ccc(NC(=S)Nc3ccccc3)cc2)c2ccccc2)no1. The van der Waals surface area contributed by atoms with Crippen LogP contribution in [0, 0.1) is 6.92 Å². The van der Waals surface area contributed by atoms with Crippen molar-refractivity contribution in [1.82, 2.24) is 5.16 Å². The van der Waals surface area contributed by atoms with Crippen LogP contribution in [-0.4, -0.2) is 16.2 Å². The number of nitrogens with zero attached hydrogens (tertiary/aromatic N) is 1. The Morgan fingerprint density at radius 1 is 0.879 bits per heavy atom. The summed E-state index contributed by atoms with van der Waals surface area (Å²) >= 11 is 6.85. The summed E-state index contributed by atoms with van der Waals surface area (Å²) in [5.74, 6) is 0.866. The van der Waals surface area contributed by atoms with Gasteiger partial charge in [0.05, 0.1) is 0 Å². The van der Waals surface area contributed by atoms with Crippen molar-refractivity contribution in [1.29, 1.82) is 0 Å². The molecule has 0 fully saturated rings. The average molecular weight is 475 g/mol. The molecule has 0 unspecified atom stereocenters. The highest BCUT2D eigenvalue weighted by Crippen LogP contribution is 2.36. The number of rotatable bonds is 7. The smallest absolute Gasteiger partial charge is 0.243 e. The van der Waals surface area contributed by atoms with Crippen molar-refractivity contribution >= 4 is 52.2 Å². The Balaban J connectivity index is 1.43. The van der Waals surface area contributed by atoms with Gasteiger partial charge in [-0.1, -0.05) is 53.7 Å². The number of thioether (sulfide) groups is 1. The number of hydrogen-bond acceptors (Lipinski definition) is 5. The lowest BCUT2D eigenvalue weighted by Crippen LogP contribution is -2.19. The molecule has 6 nitrogen and oxygen atoms in total. The van der Waals surface area contributed by atoms with Crippen LogP contribution in [0.4, 0.5) is 17.2 Å². The summed E-state index contributed by atoms with van der Waals surface area (Å²) in [6, 6.07) is 28.9. The third kappa shape index (κ3) is 6.44. The van der Waals surface area contributed by atoms with Gasteiger partial charge in [-0.2, -0.15) is 0 Å². The van der Waals surface area contributed by atoms with Crippen LogP contribution >= 0.6 is 24.0 Å². The standard InChI is InChI=1S/C25H22N4O2S2/c1-17-16-22(29-31-17)28-24(30)23(18-8-4-2-5-9-18)33-21-14-12-20(13-15-21)27-25(32)26-19-10-6-3-7-11-19/h2-16,23H,1H3,(H2,26,27,32)(H,28,29,30)/t23-/m1/s1. The van der Waals surface area contributed by atoms with Crippen LogP contribution < -0.4 is 16.0 Å². The van der Waals surface area contributed by atoms with Crippen molar-refractivity contribution in [2.45, 2.75) is 17.1 Å². The molecule has 1 aromatic heterocycles. The van der Waals surface area contributed by atoms with Gasteiger partial charge in [0.15, 0.2) is 10.9 Å². The largest absolute Gasteiger partial charge is 0.360 e. The molecule has 0 radical (unpaired) electrons. The Hall–Kier alpha value is -3.62. The number of para-hydroxylation sites is 1. The zero-order valence-electron chi connectivity index (χ0n) is 17.8. The van der Waals surface area contributed by atoms with Crippen molar-refractivity contribution in [2.75, 3.05) is 16.0 Å². The van der Waals surface area contributed by atoms with E-state index in [1.165, 1.54) is 11.8 Å². The quantitative estimate of drug-likeness (QED) is 0.215. The van der Waals surface area contributed by atoms with E-state index in [0.717, 1.165) is 21.8 Å². The second-order valence-corrected chi connectivity index (χ2v) is 8.78. The third-order valence-corrected chi connectivity index (χ3v) is 6.09. The number of thiocarbonyl (C=S) groups is 1. The molecule has 1 atom stereocenters. The van der Waals surface area contributed by atoms with E-state index in [0.29, 0.717) is 16.7 Å². The van der Waals surface area contributed by atoms with Gasteiger partial charge in [0.1, 0.15) is 11.0 Å². The number of carbonyl (C=O) groups is 1. The lowest BCUT2D eigenvalue weighted by molar-refractivity contribution is -0.115. The molecule has 0 saturated carbocycles. The maximum Gasteiger partial charge on any atom is 0.243 e. The summed E-state index contributed by atoms with van der Waals surface area (Å²) < 4.78 is 5.06. The molecule has 0 aliphatic carbocycles. The molecule has 0 bridgehead atoms. The molecule has 0 aliphatic rings. The predicted octanol–water partition coefficient (Wildman–Crippen LogP) is 6.26. The molecule has 33 heavy (non-hydrogen) atoms. The monoisotopic (exact) mass is 474 g/mol. The molecule has 4 rings (SSSR count). The lowest BCUT2D eigenvalue weighted by Gasteiger charge is -2.16. The molecule has 0 saturated heterocycles. The highest BCUT2D eigenvalue weighted by molar-refractivity contribution is 8.00. The second-order valence-electron chi connectivity index (χ2n) is 7.19. The number of amides is 1. The summed E-state index contributed by atoms with van der Waals surface area (Å²) in [5, 5.41) is 13.1. The van der Waals surface area contributed by atoms with E-state index in [4.69, 9.17) is 16.7 Å². The Labute approximate surface area is 201 Å². The van der Waals surface area contributed by atoms with Crippen LogP contribution in [-0.2, 0) is 4.79 Å². The maximum absolute atomic E-state index is 13.1. The molecule has 0 spiro atoms. The molecule has 1 heterocycles. The minimum Gasteiger partial charge on any atom is -0.360 e. The van der Waals surface area contributed by atoms with E-state index in [1.54, 1.807) is 13.0 Å². The Bertz CT molecular complexity index is 1210. The van der Waals surface area contributed by atoms with Gasteiger partial charge in [0, 0.05) is 22.3 Å². The third-order valence-electron chi connectivity index (χ3n) is 4.62. The highest BCUT2D eigenvalue weighted by atomic mass is 32.2. The Morgan fingerprint density at radius 2 is 1.48 bits per heavy atom. The first kappa shape index (κ1) is 22.6. The molecule has 1 amide bonds. The number of carbonyl (C=O) groups excluding carboxylic acids is 1. The summed E-state index contributed by atoms with van der Waals surface area (Å²) in [6.45, 7) is 1.78. The van der Waals surface area contributed by atoms with Crippen molar-refractivity contribution in [3.63, 3.8) is 0 Å². The molecular formula is C25H22N4O2S2. The van der Waals surface area contributed by atoms with Crippen LogP contribution in [0.15, 0.2) is 100 Å². The van der Waals surface area contributed by atoms with Crippen molar-refractivity contribution < 1.29 is 9.32 Å². The first-order valence-electron chi connectivity index (χ1n) is 10.3. The molecular weight excluding hydrogens is 452 g/mol. The number of nitrogens with one attached hydrogen (secondary N) is 3. The second kappa shape index (κ2) is 10.8. The van der Waals surface area contributed by atoms with Gasteiger partial charge in [-0.05, 0) is 61.1 Å². The van der Waals surface area contributed by atoms with Crippen molar-refractivity contribution in [3.05, 3.63) is 102 Å². The summed E-state index contributed by atoms with van der Waals surface area (Å²) in [4.78, 5) is 14.0. The van der Waals surface area contributed by atoms with Gasteiger partial charge in [-0.25, -0.2) is 0 Å². The zero-order chi connectivity index (χ0) is 23.0. The minimum atomic E-state index is -0.456. The number of aromatic nitrogens is 1. The summed E-state index contributed by atoms with van der Waals surface area (Å²) in [5.41, 5.74) is 2.67. The van der Waals surface area contributed by atoms with Gasteiger partial charge in [0.2, 0.25) is 5.91 Å². The molecule has 166 valence electrons. The maximum atomic E-state index is 13.1. The van der Waals surface area contributed by atoms with Crippen LogP contribution in [0.25, 0.3) is 0 Å². The van der Waals surface area contributed by atoms with Gasteiger partial charge >= 0.3 is 0 Å². The topological polar surface area (TPSA) is 79.2 Å². The predicted molar refractivity (Wildman–Crippen MR) is 138 cm³/mol. The molecule has 4 aromatic rings. The van der Waals surface area contributed by atoms with E-state index in [1.807, 2.05) is 84.9 Å². The van der Waals surface area contributed by atoms with E-state index >= 15 is 0 Å². The Morgan fingerprint density at radius 3 is 2.09 bits per heavy atom. The van der Waals surface area contributed by atoms with Crippen LogP contribution in [0.2, 0.25) is 0 Å². The van der Waals surface area contributed by atoms with Crippen LogP contribution in [0.5, 0.6) is 0 Å². The van der Waals surface area contributed by atoms with Gasteiger partial charge in [0.25, 0.3) is 0 Å². The molecule has 8 heteroatoms. The number of aryl methyl sites for hydroxylation is 1. The van der Waals surface area contributed by atoms with E-state index in [9.17, 15) is 4.79 Å². The molecule has 3 N–H and O–H groups in total. The fourth-order valence-electron chi connectivity index (χ4n) is 3.09. The minimum absolute atomic E-state index is 0.171. The Kier molecular flexibility index (Phi) is 7.39. The molecule has 0 aliphatic heterocycles. The first-order chi connectivity index (χ1) is 16.1. The van der Waals surface area contributed by atoms with Crippen LogP contribution in [0.1, 0.15) is 16.6 Å². The first-order valence-corrected chi connectivity index (χ1v) is 11.5. The number of hydrogen-bond donors (Lipinski definition) is 3. The average Bonchev–Trinajstić information content (AvgIpc) is 3.24. The number of anilines is 3. The van der Waals surface area contributed by atoms with Crippen molar-refractivity contribution in [3.8, 4) is 0 Å². The normalized spacial score (nSPS) is 11.4. The summed E-state index contributed by atoms with van der Waals surface area (Å²) in [6.07, 6.45) is 0. The van der Waals surface area contributed by atoms with Gasteiger partial charge in [-0.3, -0.25) is 4.79 Å². The molecule has 3 aromatic carbocycles. The van der Waals surface area contributed by atoms with E-state index in [-0.39, 0.29) is 5.91 Å².